The van der Waals surface area contributed by atoms with E-state index in [1.165, 1.54) is 0 Å². The summed E-state index contributed by atoms with van der Waals surface area (Å²) < 4.78 is 5.05. The Morgan fingerprint density at radius 3 is 2.78 bits per heavy atom. The summed E-state index contributed by atoms with van der Waals surface area (Å²) in [6, 6.07) is 11.4. The van der Waals surface area contributed by atoms with Crippen molar-refractivity contribution in [3.8, 4) is 0 Å². The molecule has 1 aromatic carbocycles. The second kappa shape index (κ2) is 3.96. The fourth-order valence-electron chi connectivity index (χ4n) is 2.19. The van der Waals surface area contributed by atoms with Gasteiger partial charge in [0.15, 0.2) is 0 Å². The van der Waals surface area contributed by atoms with Crippen molar-refractivity contribution >= 4 is 10.9 Å². The summed E-state index contributed by atoms with van der Waals surface area (Å²) in [6.45, 7) is 1.75. The standard InChI is InChI=1S/C15H13NO2/c1-15(17,12-7-9-18-10-12)13-6-2-4-11-5-3-8-16-14(11)13/h2-10,17H,1H3. The quantitative estimate of drug-likeness (QED) is 0.747. The van der Waals surface area contributed by atoms with Gasteiger partial charge in [0.1, 0.15) is 5.60 Å². The van der Waals surface area contributed by atoms with Gasteiger partial charge in [0.05, 0.1) is 18.0 Å². The van der Waals surface area contributed by atoms with Gasteiger partial charge in [-0.05, 0) is 19.1 Å². The van der Waals surface area contributed by atoms with E-state index in [4.69, 9.17) is 4.42 Å². The number of furan rings is 1. The summed E-state index contributed by atoms with van der Waals surface area (Å²) in [5.41, 5.74) is 1.20. The lowest BCUT2D eigenvalue weighted by molar-refractivity contribution is 0.103. The second-order valence-electron chi connectivity index (χ2n) is 4.46. The first kappa shape index (κ1) is 11.0. The Morgan fingerprint density at radius 2 is 2.00 bits per heavy atom. The number of rotatable bonds is 2. The molecule has 0 saturated heterocycles. The van der Waals surface area contributed by atoms with Gasteiger partial charge in [-0.15, -0.1) is 0 Å². The highest BCUT2D eigenvalue weighted by Crippen LogP contribution is 2.33. The maximum Gasteiger partial charge on any atom is 0.117 e. The largest absolute Gasteiger partial charge is 0.472 e. The molecule has 3 rings (SSSR count). The van der Waals surface area contributed by atoms with Gasteiger partial charge >= 0.3 is 0 Å². The highest BCUT2D eigenvalue weighted by molar-refractivity contribution is 5.82. The number of para-hydroxylation sites is 1. The van der Waals surface area contributed by atoms with Crippen molar-refractivity contribution in [2.75, 3.05) is 0 Å². The maximum absolute atomic E-state index is 10.7. The third-order valence-electron chi connectivity index (χ3n) is 3.24. The van der Waals surface area contributed by atoms with E-state index >= 15 is 0 Å². The zero-order valence-electron chi connectivity index (χ0n) is 10.00. The molecule has 0 fully saturated rings. The lowest BCUT2D eigenvalue weighted by Crippen LogP contribution is -2.22. The molecule has 1 atom stereocenters. The van der Waals surface area contributed by atoms with Crippen LogP contribution in [-0.2, 0) is 5.60 Å². The van der Waals surface area contributed by atoms with Crippen molar-refractivity contribution in [1.82, 2.24) is 4.98 Å². The van der Waals surface area contributed by atoms with E-state index in [9.17, 15) is 5.11 Å². The lowest BCUT2D eigenvalue weighted by Gasteiger charge is -2.23. The minimum atomic E-state index is -1.11. The van der Waals surface area contributed by atoms with E-state index < -0.39 is 5.60 Å². The molecule has 2 aromatic heterocycles. The molecule has 0 aliphatic heterocycles. The van der Waals surface area contributed by atoms with Crippen molar-refractivity contribution in [3.05, 3.63) is 66.2 Å². The fourth-order valence-corrected chi connectivity index (χ4v) is 2.19. The van der Waals surface area contributed by atoms with Crippen LogP contribution < -0.4 is 0 Å². The molecule has 0 amide bonds. The van der Waals surface area contributed by atoms with Crippen LogP contribution in [0.5, 0.6) is 0 Å². The monoisotopic (exact) mass is 239 g/mol. The van der Waals surface area contributed by atoms with Crippen LogP contribution in [0.1, 0.15) is 18.1 Å². The molecule has 18 heavy (non-hydrogen) atoms. The van der Waals surface area contributed by atoms with Crippen LogP contribution in [0.2, 0.25) is 0 Å². The molecule has 1 unspecified atom stereocenters. The zero-order valence-corrected chi connectivity index (χ0v) is 10.00. The van der Waals surface area contributed by atoms with Gasteiger partial charge in [-0.3, -0.25) is 4.98 Å². The number of benzene rings is 1. The number of nitrogens with zero attached hydrogens (tertiary/aromatic N) is 1. The molecule has 0 bridgehead atoms. The first-order valence-electron chi connectivity index (χ1n) is 5.79. The Hall–Kier alpha value is -2.13. The fraction of sp³-hybridized carbons (Fsp3) is 0.133. The normalized spacial score (nSPS) is 14.6. The van der Waals surface area contributed by atoms with E-state index in [0.717, 1.165) is 22.0 Å². The Morgan fingerprint density at radius 1 is 1.17 bits per heavy atom. The van der Waals surface area contributed by atoms with E-state index in [1.54, 1.807) is 31.7 Å². The molecule has 0 radical (unpaired) electrons. The summed E-state index contributed by atoms with van der Waals surface area (Å²) in [5, 5.41) is 11.8. The molecular formula is C15H13NO2. The molecule has 1 N–H and O–H groups in total. The third kappa shape index (κ3) is 1.60. The molecule has 3 nitrogen and oxygen atoms in total. The molecule has 0 aliphatic rings. The average molecular weight is 239 g/mol. The Labute approximate surface area is 105 Å². The number of hydrogen-bond acceptors (Lipinski definition) is 3. The van der Waals surface area contributed by atoms with Gasteiger partial charge in [-0.25, -0.2) is 0 Å². The summed E-state index contributed by atoms with van der Waals surface area (Å²) in [6.07, 6.45) is 4.85. The lowest BCUT2D eigenvalue weighted by atomic mass is 9.88. The predicted molar refractivity (Wildman–Crippen MR) is 69.1 cm³/mol. The topological polar surface area (TPSA) is 46.3 Å². The minimum absolute atomic E-state index is 0.723. The molecule has 0 spiro atoms. The van der Waals surface area contributed by atoms with Crippen molar-refractivity contribution in [2.45, 2.75) is 12.5 Å². The number of pyridine rings is 1. The molecule has 3 heteroatoms. The van der Waals surface area contributed by atoms with Gasteiger partial charge in [0.25, 0.3) is 0 Å². The van der Waals surface area contributed by atoms with Crippen LogP contribution in [0.3, 0.4) is 0 Å². The molecular weight excluding hydrogens is 226 g/mol. The van der Waals surface area contributed by atoms with Crippen LogP contribution in [-0.4, -0.2) is 10.1 Å². The van der Waals surface area contributed by atoms with Crippen molar-refractivity contribution < 1.29 is 9.52 Å². The average Bonchev–Trinajstić information content (AvgIpc) is 2.92. The van der Waals surface area contributed by atoms with Crippen LogP contribution in [0, 0.1) is 0 Å². The van der Waals surface area contributed by atoms with E-state index in [0.29, 0.717) is 0 Å². The van der Waals surface area contributed by atoms with Gasteiger partial charge in [0, 0.05) is 22.7 Å². The smallest absolute Gasteiger partial charge is 0.117 e. The summed E-state index contributed by atoms with van der Waals surface area (Å²) in [4.78, 5) is 4.37. The van der Waals surface area contributed by atoms with Crippen molar-refractivity contribution in [1.29, 1.82) is 0 Å². The number of fused-ring (bicyclic) bond motifs is 1. The van der Waals surface area contributed by atoms with E-state index in [1.807, 2.05) is 30.3 Å². The summed E-state index contributed by atoms with van der Waals surface area (Å²) in [7, 11) is 0. The molecule has 0 saturated carbocycles. The van der Waals surface area contributed by atoms with Gasteiger partial charge in [-0.2, -0.15) is 0 Å². The summed E-state index contributed by atoms with van der Waals surface area (Å²) >= 11 is 0. The molecule has 2 heterocycles. The number of hydrogen-bond donors (Lipinski definition) is 1. The summed E-state index contributed by atoms with van der Waals surface area (Å²) in [5.74, 6) is 0. The van der Waals surface area contributed by atoms with Crippen molar-refractivity contribution in [3.63, 3.8) is 0 Å². The maximum atomic E-state index is 10.7. The first-order valence-corrected chi connectivity index (χ1v) is 5.79. The zero-order chi connectivity index (χ0) is 12.6. The SMILES string of the molecule is CC(O)(c1ccoc1)c1cccc2cccnc12. The van der Waals surface area contributed by atoms with E-state index in [-0.39, 0.29) is 0 Å². The molecule has 0 aliphatic carbocycles. The Bertz CT molecular complexity index is 667. The van der Waals surface area contributed by atoms with Crippen LogP contribution in [0.4, 0.5) is 0 Å². The highest BCUT2D eigenvalue weighted by Gasteiger charge is 2.28. The minimum Gasteiger partial charge on any atom is -0.472 e. The van der Waals surface area contributed by atoms with Crippen LogP contribution in [0.15, 0.2) is 59.5 Å². The van der Waals surface area contributed by atoms with Crippen LogP contribution >= 0.6 is 0 Å². The number of aliphatic hydroxyl groups is 1. The Kier molecular flexibility index (Phi) is 2.42. The number of aromatic nitrogens is 1. The van der Waals surface area contributed by atoms with Crippen LogP contribution in [0.25, 0.3) is 10.9 Å². The molecule has 90 valence electrons. The predicted octanol–water partition coefficient (Wildman–Crippen LogP) is 3.08. The Balaban J connectivity index is 2.26. The second-order valence-corrected chi connectivity index (χ2v) is 4.46. The van der Waals surface area contributed by atoms with E-state index in [2.05, 4.69) is 4.98 Å². The third-order valence-corrected chi connectivity index (χ3v) is 3.24. The first-order chi connectivity index (χ1) is 8.69. The van der Waals surface area contributed by atoms with Crippen molar-refractivity contribution in [2.24, 2.45) is 0 Å². The van der Waals surface area contributed by atoms with Gasteiger partial charge < -0.3 is 9.52 Å². The molecule has 3 aromatic rings. The van der Waals surface area contributed by atoms with Gasteiger partial charge in [0.2, 0.25) is 0 Å². The highest BCUT2D eigenvalue weighted by atomic mass is 16.3. The van der Waals surface area contributed by atoms with Gasteiger partial charge in [-0.1, -0.05) is 24.3 Å².